The summed E-state index contributed by atoms with van der Waals surface area (Å²) in [5.74, 6) is 1.52. The summed E-state index contributed by atoms with van der Waals surface area (Å²) in [5, 5.41) is 0.686. The molecule has 0 saturated carbocycles. The minimum atomic E-state index is 0.0226. The number of hydrogen-bond acceptors (Lipinski definition) is 5. The fourth-order valence-corrected chi connectivity index (χ4v) is 3.35. The number of aromatic amines is 1. The fourth-order valence-electron chi connectivity index (χ4n) is 3.35. The van der Waals surface area contributed by atoms with Gasteiger partial charge >= 0.3 is 0 Å². The summed E-state index contributed by atoms with van der Waals surface area (Å²) >= 11 is 0. The van der Waals surface area contributed by atoms with Crippen LogP contribution in [-0.2, 0) is 11.3 Å². The summed E-state index contributed by atoms with van der Waals surface area (Å²) in [7, 11) is 0. The Labute approximate surface area is 163 Å². The molecule has 0 aliphatic carbocycles. The molecule has 1 N–H and O–H groups in total. The molecule has 0 radical (unpaired) electrons. The van der Waals surface area contributed by atoms with E-state index in [0.29, 0.717) is 35.2 Å². The quantitative estimate of drug-likeness (QED) is 0.707. The molecule has 6 heteroatoms. The van der Waals surface area contributed by atoms with Crippen LogP contribution in [0, 0.1) is 12.8 Å². The molecule has 1 aromatic carbocycles. The van der Waals surface area contributed by atoms with Gasteiger partial charge in [0.15, 0.2) is 5.43 Å². The van der Waals surface area contributed by atoms with Crippen molar-refractivity contribution < 1.29 is 14.2 Å². The van der Waals surface area contributed by atoms with Crippen molar-refractivity contribution in [1.82, 2.24) is 9.97 Å². The number of H-pyrrole nitrogens is 1. The Morgan fingerprint density at radius 3 is 2.64 bits per heavy atom. The van der Waals surface area contributed by atoms with Gasteiger partial charge in [-0.05, 0) is 37.8 Å². The second-order valence-electron chi connectivity index (χ2n) is 7.07. The van der Waals surface area contributed by atoms with Crippen molar-refractivity contribution in [3.05, 3.63) is 63.9 Å². The van der Waals surface area contributed by atoms with Crippen molar-refractivity contribution in [1.29, 1.82) is 0 Å². The van der Waals surface area contributed by atoms with Gasteiger partial charge in [-0.2, -0.15) is 4.98 Å². The number of para-hydroxylation sites is 1. The topological polar surface area (TPSA) is 73.4 Å². The molecular weight excluding hydrogens is 356 g/mol. The number of aromatic nitrogens is 2. The van der Waals surface area contributed by atoms with Crippen molar-refractivity contribution in [2.24, 2.45) is 5.92 Å². The normalized spacial score (nSPS) is 14.9. The minimum Gasteiger partial charge on any atom is -0.477 e. The lowest BCUT2D eigenvalue weighted by Crippen LogP contribution is -2.21. The summed E-state index contributed by atoms with van der Waals surface area (Å²) in [6.45, 7) is 4.28. The predicted octanol–water partition coefficient (Wildman–Crippen LogP) is 3.62. The molecule has 0 unspecified atom stereocenters. The van der Waals surface area contributed by atoms with E-state index in [9.17, 15) is 4.79 Å². The molecule has 0 spiro atoms. The SMILES string of the molecule is Cc1c(COc2cccc(OCC3CCOCC3)n2)[nH]c2ccccc2c1=O. The van der Waals surface area contributed by atoms with E-state index in [4.69, 9.17) is 14.2 Å². The van der Waals surface area contributed by atoms with Gasteiger partial charge in [0.1, 0.15) is 6.61 Å². The Hall–Kier alpha value is -2.86. The van der Waals surface area contributed by atoms with E-state index in [2.05, 4.69) is 9.97 Å². The van der Waals surface area contributed by atoms with Gasteiger partial charge in [0.2, 0.25) is 11.8 Å². The zero-order chi connectivity index (χ0) is 19.3. The zero-order valence-electron chi connectivity index (χ0n) is 15.9. The zero-order valence-corrected chi connectivity index (χ0v) is 15.9. The largest absolute Gasteiger partial charge is 0.477 e. The van der Waals surface area contributed by atoms with Crippen LogP contribution in [0.2, 0.25) is 0 Å². The highest BCUT2D eigenvalue weighted by molar-refractivity contribution is 5.79. The molecule has 0 bridgehead atoms. The van der Waals surface area contributed by atoms with Gasteiger partial charge in [-0.1, -0.05) is 18.2 Å². The molecule has 3 heterocycles. The average molecular weight is 380 g/mol. The van der Waals surface area contributed by atoms with E-state index >= 15 is 0 Å². The van der Waals surface area contributed by atoms with E-state index < -0.39 is 0 Å². The van der Waals surface area contributed by atoms with E-state index in [1.807, 2.05) is 43.3 Å². The molecule has 0 amide bonds. The summed E-state index contributed by atoms with van der Waals surface area (Å²) in [6, 6.07) is 13.0. The van der Waals surface area contributed by atoms with Gasteiger partial charge in [-0.25, -0.2) is 0 Å². The van der Waals surface area contributed by atoms with Gasteiger partial charge < -0.3 is 19.2 Å². The number of ether oxygens (including phenoxy) is 3. The van der Waals surface area contributed by atoms with E-state index in [0.717, 1.165) is 37.3 Å². The lowest BCUT2D eigenvalue weighted by molar-refractivity contribution is 0.0489. The first-order valence-corrected chi connectivity index (χ1v) is 9.61. The average Bonchev–Trinajstić information content (AvgIpc) is 2.75. The smallest absolute Gasteiger partial charge is 0.216 e. The van der Waals surface area contributed by atoms with Crippen LogP contribution in [0.5, 0.6) is 11.8 Å². The molecule has 1 saturated heterocycles. The summed E-state index contributed by atoms with van der Waals surface area (Å²) < 4.78 is 17.0. The Morgan fingerprint density at radius 2 is 1.82 bits per heavy atom. The first-order chi connectivity index (χ1) is 13.7. The third kappa shape index (κ3) is 4.17. The minimum absolute atomic E-state index is 0.0226. The molecule has 1 fully saturated rings. The Morgan fingerprint density at radius 1 is 1.07 bits per heavy atom. The molecule has 6 nitrogen and oxygen atoms in total. The summed E-state index contributed by atoms with van der Waals surface area (Å²) in [6.07, 6.45) is 2.04. The van der Waals surface area contributed by atoms with E-state index in [1.54, 1.807) is 6.07 Å². The number of rotatable bonds is 6. The molecule has 0 atom stereocenters. The molecule has 1 aliphatic rings. The van der Waals surface area contributed by atoms with E-state index in [-0.39, 0.29) is 12.0 Å². The summed E-state index contributed by atoms with van der Waals surface area (Å²) in [4.78, 5) is 20.2. The molecule has 28 heavy (non-hydrogen) atoms. The van der Waals surface area contributed by atoms with Gasteiger partial charge in [0.25, 0.3) is 0 Å². The number of fused-ring (bicyclic) bond motifs is 1. The molecule has 3 aromatic rings. The van der Waals surface area contributed by atoms with Crippen LogP contribution in [0.15, 0.2) is 47.3 Å². The number of hydrogen-bond donors (Lipinski definition) is 1. The Kier molecular flexibility index (Phi) is 5.58. The third-order valence-corrected chi connectivity index (χ3v) is 5.12. The van der Waals surface area contributed by atoms with Crippen molar-refractivity contribution in [2.75, 3.05) is 19.8 Å². The van der Waals surface area contributed by atoms with Crippen LogP contribution < -0.4 is 14.9 Å². The highest BCUT2D eigenvalue weighted by Gasteiger charge is 2.15. The van der Waals surface area contributed by atoms with Crippen LogP contribution in [-0.4, -0.2) is 29.8 Å². The van der Waals surface area contributed by atoms with Crippen LogP contribution in [0.1, 0.15) is 24.1 Å². The summed E-state index contributed by atoms with van der Waals surface area (Å²) in [5.41, 5.74) is 2.23. The molecule has 1 aliphatic heterocycles. The second kappa shape index (κ2) is 8.44. The first-order valence-electron chi connectivity index (χ1n) is 9.61. The van der Waals surface area contributed by atoms with Gasteiger partial charge in [-0.3, -0.25) is 4.79 Å². The maximum Gasteiger partial charge on any atom is 0.216 e. The lowest BCUT2D eigenvalue weighted by atomic mass is 10.0. The Balaban J connectivity index is 1.43. The lowest BCUT2D eigenvalue weighted by Gasteiger charge is -2.21. The fraction of sp³-hybridized carbons (Fsp3) is 0.364. The number of pyridine rings is 2. The number of benzene rings is 1. The van der Waals surface area contributed by atoms with Crippen molar-refractivity contribution in [2.45, 2.75) is 26.4 Å². The molecule has 146 valence electrons. The first kappa shape index (κ1) is 18.5. The maximum atomic E-state index is 12.5. The van der Waals surface area contributed by atoms with Gasteiger partial charge in [0.05, 0.1) is 12.3 Å². The van der Waals surface area contributed by atoms with Crippen molar-refractivity contribution in [3.63, 3.8) is 0 Å². The van der Waals surface area contributed by atoms with Gasteiger partial charge in [-0.15, -0.1) is 0 Å². The standard InChI is InChI=1S/C22H24N2O4/c1-15-19(23-18-6-3-2-5-17(18)22(15)25)14-28-21-8-4-7-20(24-21)27-13-16-9-11-26-12-10-16/h2-8,16H,9-14H2,1H3,(H,23,25). The van der Waals surface area contributed by atoms with Crippen LogP contribution >= 0.6 is 0 Å². The van der Waals surface area contributed by atoms with Crippen molar-refractivity contribution >= 4 is 10.9 Å². The van der Waals surface area contributed by atoms with Crippen LogP contribution in [0.25, 0.3) is 10.9 Å². The monoisotopic (exact) mass is 380 g/mol. The third-order valence-electron chi connectivity index (χ3n) is 5.12. The molecular formula is C22H24N2O4. The van der Waals surface area contributed by atoms with Crippen molar-refractivity contribution in [3.8, 4) is 11.8 Å². The second-order valence-corrected chi connectivity index (χ2v) is 7.07. The van der Waals surface area contributed by atoms with E-state index in [1.165, 1.54) is 0 Å². The highest BCUT2D eigenvalue weighted by atomic mass is 16.5. The Bertz CT molecular complexity index is 1010. The molecule has 2 aromatic heterocycles. The number of nitrogens with one attached hydrogen (secondary N) is 1. The molecule has 4 rings (SSSR count). The number of nitrogens with zero attached hydrogens (tertiary/aromatic N) is 1. The predicted molar refractivity (Wildman–Crippen MR) is 107 cm³/mol. The highest BCUT2D eigenvalue weighted by Crippen LogP contribution is 2.19. The maximum absolute atomic E-state index is 12.5. The van der Waals surface area contributed by atoms with Gasteiger partial charge in [0, 0.05) is 41.8 Å². The van der Waals surface area contributed by atoms with Crippen LogP contribution in [0.4, 0.5) is 0 Å². The van der Waals surface area contributed by atoms with Crippen LogP contribution in [0.3, 0.4) is 0 Å².